The minimum absolute atomic E-state index is 0.210. The molecule has 0 radical (unpaired) electrons. The van der Waals surface area contributed by atoms with Gasteiger partial charge >= 0.3 is 0 Å². The molecule has 0 spiro atoms. The molecule has 4 rings (SSSR count). The van der Waals surface area contributed by atoms with Crippen LogP contribution in [0.5, 0.6) is 0 Å². The summed E-state index contributed by atoms with van der Waals surface area (Å²) in [4.78, 5) is 21.5. The molecule has 0 aliphatic carbocycles. The number of aromatic nitrogens is 3. The molecule has 2 N–H and O–H groups in total. The van der Waals surface area contributed by atoms with Crippen LogP contribution in [-0.2, 0) is 17.8 Å². The summed E-state index contributed by atoms with van der Waals surface area (Å²) in [6, 6.07) is 9.51. The van der Waals surface area contributed by atoms with Crippen molar-refractivity contribution in [3.05, 3.63) is 58.3 Å². The molecule has 0 unspecified atom stereocenters. The molecule has 2 aromatic heterocycles. The molecule has 24 heavy (non-hydrogen) atoms. The molecule has 122 valence electrons. The lowest BCUT2D eigenvalue weighted by Gasteiger charge is -2.33. The van der Waals surface area contributed by atoms with Crippen molar-refractivity contribution in [3.8, 4) is 5.69 Å². The molecule has 0 atom stereocenters. The molecule has 1 aliphatic heterocycles. The largest absolute Gasteiger partial charge is 0.383 e. The van der Waals surface area contributed by atoms with E-state index in [-0.39, 0.29) is 17.0 Å². The quantitative estimate of drug-likeness (QED) is 0.743. The maximum atomic E-state index is 13.1. The maximum absolute atomic E-state index is 13.1. The highest BCUT2D eigenvalue weighted by molar-refractivity contribution is 5.90. The van der Waals surface area contributed by atoms with Gasteiger partial charge in [-0.3, -0.25) is 9.36 Å². The Morgan fingerprint density at radius 3 is 2.71 bits per heavy atom. The number of hydrogen-bond donors (Lipinski definition) is 1. The second-order valence-electron chi connectivity index (χ2n) is 6.61. The van der Waals surface area contributed by atoms with Gasteiger partial charge < -0.3 is 10.5 Å². The zero-order valence-electron chi connectivity index (χ0n) is 13.6. The van der Waals surface area contributed by atoms with E-state index in [1.54, 1.807) is 4.57 Å². The number of para-hydroxylation sites is 1. The summed E-state index contributed by atoms with van der Waals surface area (Å²) in [5.41, 5.74) is 8.72. The minimum atomic E-state index is -0.321. The highest BCUT2D eigenvalue weighted by Gasteiger charge is 2.31. The van der Waals surface area contributed by atoms with Crippen LogP contribution in [0.25, 0.3) is 16.6 Å². The number of fused-ring (bicyclic) bond motifs is 3. The number of rotatable bonds is 1. The van der Waals surface area contributed by atoms with Crippen LogP contribution in [0.2, 0.25) is 0 Å². The summed E-state index contributed by atoms with van der Waals surface area (Å²) in [7, 11) is 0. The zero-order valence-corrected chi connectivity index (χ0v) is 13.6. The monoisotopic (exact) mass is 322 g/mol. The van der Waals surface area contributed by atoms with Crippen molar-refractivity contribution < 1.29 is 4.74 Å². The number of benzene rings is 1. The van der Waals surface area contributed by atoms with Gasteiger partial charge in [-0.15, -0.1) is 0 Å². The first-order chi connectivity index (χ1) is 11.5. The van der Waals surface area contributed by atoms with E-state index in [2.05, 4.69) is 9.97 Å². The maximum Gasteiger partial charge on any atom is 0.268 e. The molecule has 0 fully saturated rings. The van der Waals surface area contributed by atoms with Gasteiger partial charge in [0, 0.05) is 17.7 Å². The van der Waals surface area contributed by atoms with Crippen molar-refractivity contribution in [2.24, 2.45) is 0 Å². The Balaban J connectivity index is 2.16. The van der Waals surface area contributed by atoms with E-state index >= 15 is 0 Å². The fourth-order valence-electron chi connectivity index (χ4n) is 3.27. The van der Waals surface area contributed by atoms with Crippen molar-refractivity contribution >= 4 is 16.7 Å². The Bertz CT molecular complexity index is 993. The van der Waals surface area contributed by atoms with Gasteiger partial charge in [-0.1, -0.05) is 18.2 Å². The lowest BCUT2D eigenvalue weighted by atomic mass is 9.92. The predicted molar refractivity (Wildman–Crippen MR) is 92.1 cm³/mol. The second-order valence-corrected chi connectivity index (χ2v) is 6.61. The molecular weight excluding hydrogens is 304 g/mol. The molecule has 0 amide bonds. The normalized spacial score (nSPS) is 16.1. The van der Waals surface area contributed by atoms with Crippen molar-refractivity contribution in [3.63, 3.8) is 0 Å². The summed E-state index contributed by atoms with van der Waals surface area (Å²) in [6.45, 7) is 4.42. The molecule has 6 heteroatoms. The molecule has 3 aromatic rings. The standard InChI is InChI=1S/C18H18N4O2/c1-18(2)8-12-13(9-24-18)22(11-6-4-3-5-7-11)17(23)14-15(12)20-10-21-16(14)19/h3-7,10H,8-9H2,1-2H3,(H2,19,20,21). The third-order valence-corrected chi connectivity index (χ3v) is 4.41. The second kappa shape index (κ2) is 5.14. The van der Waals surface area contributed by atoms with Gasteiger partial charge in [-0.05, 0) is 26.0 Å². The zero-order chi connectivity index (χ0) is 16.9. The Labute approximate surface area is 138 Å². The first-order valence-corrected chi connectivity index (χ1v) is 7.84. The van der Waals surface area contributed by atoms with Gasteiger partial charge in [0.2, 0.25) is 0 Å². The topological polar surface area (TPSA) is 83.0 Å². The van der Waals surface area contributed by atoms with Crippen molar-refractivity contribution in [1.82, 2.24) is 14.5 Å². The first-order valence-electron chi connectivity index (χ1n) is 7.84. The van der Waals surface area contributed by atoms with E-state index in [4.69, 9.17) is 10.5 Å². The van der Waals surface area contributed by atoms with Crippen LogP contribution in [-0.4, -0.2) is 20.1 Å². The molecular formula is C18H18N4O2. The van der Waals surface area contributed by atoms with Gasteiger partial charge in [0.15, 0.2) is 0 Å². The van der Waals surface area contributed by atoms with E-state index in [1.165, 1.54) is 6.33 Å². The first kappa shape index (κ1) is 14.8. The van der Waals surface area contributed by atoms with Gasteiger partial charge in [-0.2, -0.15) is 0 Å². The molecule has 3 heterocycles. The number of ether oxygens (including phenoxy) is 1. The molecule has 0 saturated carbocycles. The Hall–Kier alpha value is -2.73. The SMILES string of the molecule is CC1(C)Cc2c(n(-c3ccccc3)c(=O)c3c(N)ncnc23)CO1. The molecule has 1 aromatic carbocycles. The van der Waals surface area contributed by atoms with Gasteiger partial charge in [0.05, 0.1) is 23.4 Å². The third kappa shape index (κ3) is 2.18. The van der Waals surface area contributed by atoms with Crippen LogP contribution in [0.15, 0.2) is 41.5 Å². The number of anilines is 1. The van der Waals surface area contributed by atoms with Crippen LogP contribution in [0, 0.1) is 0 Å². The smallest absolute Gasteiger partial charge is 0.268 e. The average Bonchev–Trinajstić information content (AvgIpc) is 2.56. The summed E-state index contributed by atoms with van der Waals surface area (Å²) in [5.74, 6) is 0.210. The fourth-order valence-corrected chi connectivity index (χ4v) is 3.27. The summed E-state index contributed by atoms with van der Waals surface area (Å²) in [6.07, 6.45) is 2.06. The van der Waals surface area contributed by atoms with E-state index in [1.807, 2.05) is 44.2 Å². The molecule has 6 nitrogen and oxygen atoms in total. The lowest BCUT2D eigenvalue weighted by Crippen LogP contribution is -2.37. The number of pyridine rings is 1. The predicted octanol–water partition coefficient (Wildman–Crippen LogP) is 2.21. The minimum Gasteiger partial charge on any atom is -0.383 e. The third-order valence-electron chi connectivity index (χ3n) is 4.41. The number of nitrogens with zero attached hydrogens (tertiary/aromatic N) is 3. The van der Waals surface area contributed by atoms with E-state index in [0.29, 0.717) is 23.9 Å². The van der Waals surface area contributed by atoms with Gasteiger partial charge in [0.25, 0.3) is 5.56 Å². The number of hydrogen-bond acceptors (Lipinski definition) is 5. The van der Waals surface area contributed by atoms with Crippen LogP contribution in [0.3, 0.4) is 0 Å². The molecule has 1 aliphatic rings. The summed E-state index contributed by atoms with van der Waals surface area (Å²) >= 11 is 0. The van der Waals surface area contributed by atoms with Crippen molar-refractivity contribution in [1.29, 1.82) is 0 Å². The van der Waals surface area contributed by atoms with Gasteiger partial charge in [0.1, 0.15) is 17.5 Å². The van der Waals surface area contributed by atoms with Crippen LogP contribution in [0.1, 0.15) is 25.1 Å². The average molecular weight is 322 g/mol. The van der Waals surface area contributed by atoms with E-state index < -0.39 is 0 Å². The Kier molecular flexibility index (Phi) is 3.18. The highest BCUT2D eigenvalue weighted by Crippen LogP contribution is 2.32. The lowest BCUT2D eigenvalue weighted by molar-refractivity contribution is -0.0426. The fraction of sp³-hybridized carbons (Fsp3) is 0.278. The van der Waals surface area contributed by atoms with E-state index in [9.17, 15) is 4.79 Å². The van der Waals surface area contributed by atoms with Crippen LogP contribution >= 0.6 is 0 Å². The van der Waals surface area contributed by atoms with E-state index in [0.717, 1.165) is 16.9 Å². The number of nitrogen functional groups attached to an aromatic ring is 1. The number of nitrogens with two attached hydrogens (primary N) is 1. The van der Waals surface area contributed by atoms with Crippen molar-refractivity contribution in [2.75, 3.05) is 5.73 Å². The Morgan fingerprint density at radius 2 is 1.96 bits per heavy atom. The summed E-state index contributed by atoms with van der Waals surface area (Å²) < 4.78 is 7.63. The molecule has 0 saturated heterocycles. The highest BCUT2D eigenvalue weighted by atomic mass is 16.5. The molecule has 0 bridgehead atoms. The van der Waals surface area contributed by atoms with Crippen LogP contribution < -0.4 is 11.3 Å². The van der Waals surface area contributed by atoms with Crippen LogP contribution in [0.4, 0.5) is 5.82 Å². The van der Waals surface area contributed by atoms with Crippen molar-refractivity contribution in [2.45, 2.75) is 32.5 Å². The summed E-state index contributed by atoms with van der Waals surface area (Å²) in [5, 5.41) is 0.373. The Morgan fingerprint density at radius 1 is 1.21 bits per heavy atom. The van der Waals surface area contributed by atoms with Gasteiger partial charge in [-0.25, -0.2) is 9.97 Å².